The van der Waals surface area contributed by atoms with Crippen LogP contribution in [-0.4, -0.2) is 36.5 Å². The van der Waals surface area contributed by atoms with Crippen molar-refractivity contribution in [2.24, 2.45) is 10.8 Å². The van der Waals surface area contributed by atoms with Crippen LogP contribution in [0.2, 0.25) is 0 Å². The molecule has 0 bridgehead atoms. The monoisotopic (exact) mass is 159 g/mol. The molecule has 0 unspecified atom stereocenters. The molecule has 0 aromatic carbocycles. The van der Waals surface area contributed by atoms with E-state index < -0.39 is 0 Å². The van der Waals surface area contributed by atoms with Crippen molar-refractivity contribution in [1.29, 1.82) is 0 Å². The number of aliphatic hydroxyl groups excluding tert-OH is 2. The summed E-state index contributed by atoms with van der Waals surface area (Å²) in [6.07, 6.45) is 0. The van der Waals surface area contributed by atoms with Gasteiger partial charge >= 0.3 is 0 Å². The van der Waals surface area contributed by atoms with Gasteiger partial charge in [-0.15, -0.1) is 0 Å². The van der Waals surface area contributed by atoms with Crippen LogP contribution >= 0.6 is 0 Å². The minimum absolute atomic E-state index is 0.136. The molecule has 1 saturated heterocycles. The van der Waals surface area contributed by atoms with Crippen molar-refractivity contribution in [2.45, 2.75) is 13.8 Å². The molecule has 0 aromatic heterocycles. The summed E-state index contributed by atoms with van der Waals surface area (Å²) in [7, 11) is 0. The predicted molar refractivity (Wildman–Crippen MR) is 43.3 cm³/mol. The SMILES string of the molecule is C[C@]1(CO)CNC[C@@]1(C)CO. The Balaban J connectivity index is 2.79. The van der Waals surface area contributed by atoms with E-state index in [9.17, 15) is 0 Å². The molecule has 3 nitrogen and oxygen atoms in total. The Labute approximate surface area is 67.4 Å². The van der Waals surface area contributed by atoms with Gasteiger partial charge in [-0.2, -0.15) is 0 Å². The van der Waals surface area contributed by atoms with Crippen LogP contribution in [0.1, 0.15) is 13.8 Å². The number of rotatable bonds is 2. The summed E-state index contributed by atoms with van der Waals surface area (Å²) in [4.78, 5) is 0. The van der Waals surface area contributed by atoms with Crippen LogP contribution < -0.4 is 5.32 Å². The Kier molecular flexibility index (Phi) is 2.23. The van der Waals surface area contributed by atoms with E-state index in [1.807, 2.05) is 13.8 Å². The van der Waals surface area contributed by atoms with Gasteiger partial charge in [0.25, 0.3) is 0 Å². The standard InChI is InChI=1S/C8H17NO2/c1-7(5-10)3-9-4-8(7,2)6-11/h9-11H,3-6H2,1-2H3/t7-,8+. The topological polar surface area (TPSA) is 52.5 Å². The summed E-state index contributed by atoms with van der Waals surface area (Å²) in [6, 6.07) is 0. The zero-order valence-electron chi connectivity index (χ0n) is 7.22. The van der Waals surface area contributed by atoms with Crippen molar-refractivity contribution in [1.82, 2.24) is 5.32 Å². The van der Waals surface area contributed by atoms with Gasteiger partial charge < -0.3 is 15.5 Å². The molecule has 0 aromatic rings. The second kappa shape index (κ2) is 2.73. The largest absolute Gasteiger partial charge is 0.396 e. The van der Waals surface area contributed by atoms with Crippen LogP contribution in [0.25, 0.3) is 0 Å². The van der Waals surface area contributed by atoms with E-state index in [0.29, 0.717) is 0 Å². The molecule has 2 atom stereocenters. The normalized spacial score (nSPS) is 44.7. The van der Waals surface area contributed by atoms with E-state index in [4.69, 9.17) is 10.2 Å². The van der Waals surface area contributed by atoms with Crippen molar-refractivity contribution in [3.8, 4) is 0 Å². The van der Waals surface area contributed by atoms with E-state index >= 15 is 0 Å². The van der Waals surface area contributed by atoms with Gasteiger partial charge in [-0.1, -0.05) is 13.8 Å². The van der Waals surface area contributed by atoms with E-state index in [2.05, 4.69) is 5.32 Å². The van der Waals surface area contributed by atoms with Crippen LogP contribution in [0.5, 0.6) is 0 Å². The van der Waals surface area contributed by atoms with Crippen molar-refractivity contribution in [3.05, 3.63) is 0 Å². The Morgan fingerprint density at radius 2 is 1.45 bits per heavy atom. The Hall–Kier alpha value is -0.120. The number of hydrogen-bond acceptors (Lipinski definition) is 3. The van der Waals surface area contributed by atoms with Gasteiger partial charge in [0.15, 0.2) is 0 Å². The highest BCUT2D eigenvalue weighted by atomic mass is 16.3. The fourth-order valence-electron chi connectivity index (χ4n) is 1.53. The Morgan fingerprint density at radius 3 is 1.73 bits per heavy atom. The number of hydrogen-bond donors (Lipinski definition) is 3. The average molecular weight is 159 g/mol. The summed E-state index contributed by atoms with van der Waals surface area (Å²) in [5.74, 6) is 0. The summed E-state index contributed by atoms with van der Waals surface area (Å²) in [5.41, 5.74) is -0.330. The lowest BCUT2D eigenvalue weighted by molar-refractivity contribution is 0.00976. The molecule has 0 aliphatic carbocycles. The summed E-state index contributed by atoms with van der Waals surface area (Å²) in [6.45, 7) is 5.86. The molecule has 1 aliphatic heterocycles. The van der Waals surface area contributed by atoms with Crippen LogP contribution in [-0.2, 0) is 0 Å². The third-order valence-corrected chi connectivity index (χ3v) is 3.19. The summed E-state index contributed by atoms with van der Waals surface area (Å²) >= 11 is 0. The van der Waals surface area contributed by atoms with E-state index in [1.54, 1.807) is 0 Å². The molecular formula is C8H17NO2. The molecule has 1 rings (SSSR count). The average Bonchev–Trinajstić information content (AvgIpc) is 2.31. The minimum atomic E-state index is -0.165. The Morgan fingerprint density at radius 1 is 1.09 bits per heavy atom. The van der Waals surface area contributed by atoms with Crippen molar-refractivity contribution in [2.75, 3.05) is 26.3 Å². The molecule has 11 heavy (non-hydrogen) atoms. The molecule has 1 aliphatic rings. The van der Waals surface area contributed by atoms with Crippen molar-refractivity contribution in [3.63, 3.8) is 0 Å². The van der Waals surface area contributed by atoms with E-state index in [-0.39, 0.29) is 24.0 Å². The first kappa shape index (κ1) is 8.97. The van der Waals surface area contributed by atoms with Gasteiger partial charge in [-0.25, -0.2) is 0 Å². The maximum absolute atomic E-state index is 9.14. The van der Waals surface area contributed by atoms with Crippen LogP contribution in [0.3, 0.4) is 0 Å². The van der Waals surface area contributed by atoms with E-state index in [1.165, 1.54) is 0 Å². The molecule has 66 valence electrons. The van der Waals surface area contributed by atoms with Crippen LogP contribution in [0, 0.1) is 10.8 Å². The first-order valence-electron chi connectivity index (χ1n) is 4.00. The maximum atomic E-state index is 9.14. The van der Waals surface area contributed by atoms with Gasteiger partial charge in [-0.3, -0.25) is 0 Å². The third kappa shape index (κ3) is 1.17. The molecule has 3 heteroatoms. The maximum Gasteiger partial charge on any atom is 0.0503 e. The molecule has 1 heterocycles. The molecule has 0 spiro atoms. The predicted octanol–water partition coefficient (Wildman–Crippen LogP) is -0.413. The van der Waals surface area contributed by atoms with Gasteiger partial charge in [0, 0.05) is 23.9 Å². The quantitative estimate of drug-likeness (QED) is 0.513. The zero-order valence-corrected chi connectivity index (χ0v) is 7.22. The first-order chi connectivity index (χ1) is 5.08. The molecule has 1 fully saturated rings. The van der Waals surface area contributed by atoms with Crippen molar-refractivity contribution < 1.29 is 10.2 Å². The second-order valence-electron chi connectivity index (χ2n) is 4.04. The van der Waals surface area contributed by atoms with Gasteiger partial charge in [-0.05, 0) is 0 Å². The molecular weight excluding hydrogens is 142 g/mol. The van der Waals surface area contributed by atoms with Crippen LogP contribution in [0.15, 0.2) is 0 Å². The van der Waals surface area contributed by atoms with Crippen LogP contribution in [0.4, 0.5) is 0 Å². The fourth-order valence-corrected chi connectivity index (χ4v) is 1.53. The molecule has 0 radical (unpaired) electrons. The first-order valence-corrected chi connectivity index (χ1v) is 4.00. The third-order valence-electron chi connectivity index (χ3n) is 3.19. The van der Waals surface area contributed by atoms with Gasteiger partial charge in [0.05, 0.1) is 13.2 Å². The van der Waals surface area contributed by atoms with Crippen molar-refractivity contribution >= 4 is 0 Å². The molecule has 0 saturated carbocycles. The highest BCUT2D eigenvalue weighted by Gasteiger charge is 2.47. The van der Waals surface area contributed by atoms with Gasteiger partial charge in [0.1, 0.15) is 0 Å². The highest BCUT2D eigenvalue weighted by Crippen LogP contribution is 2.41. The van der Waals surface area contributed by atoms with Gasteiger partial charge in [0.2, 0.25) is 0 Å². The minimum Gasteiger partial charge on any atom is -0.396 e. The summed E-state index contributed by atoms with van der Waals surface area (Å²) < 4.78 is 0. The van der Waals surface area contributed by atoms with E-state index in [0.717, 1.165) is 13.1 Å². The smallest absolute Gasteiger partial charge is 0.0503 e. The molecule has 3 N–H and O–H groups in total. The zero-order chi connectivity index (χ0) is 8.54. The fraction of sp³-hybridized carbons (Fsp3) is 1.00. The lowest BCUT2D eigenvalue weighted by Gasteiger charge is -2.37. The molecule has 0 amide bonds. The second-order valence-corrected chi connectivity index (χ2v) is 4.04. The lowest BCUT2D eigenvalue weighted by atomic mass is 9.69. The number of aliphatic hydroxyl groups is 2. The Bertz CT molecular complexity index is 135. The number of nitrogens with one attached hydrogen (secondary N) is 1. The highest BCUT2D eigenvalue weighted by molar-refractivity contribution is 5.00. The lowest BCUT2D eigenvalue weighted by Crippen LogP contribution is -2.41. The summed E-state index contributed by atoms with van der Waals surface area (Å²) in [5, 5.41) is 21.5.